The highest BCUT2D eigenvalue weighted by molar-refractivity contribution is 5.74. The van der Waals surface area contributed by atoms with Gasteiger partial charge in [-0.1, -0.05) is 6.92 Å². The molecule has 1 fully saturated rings. The third-order valence-electron chi connectivity index (χ3n) is 3.60. The predicted octanol–water partition coefficient (Wildman–Crippen LogP) is 1.77. The van der Waals surface area contributed by atoms with E-state index in [0.717, 1.165) is 58.0 Å². The second-order valence-corrected chi connectivity index (χ2v) is 4.69. The van der Waals surface area contributed by atoms with E-state index in [1.165, 1.54) is 0 Å². The van der Waals surface area contributed by atoms with E-state index < -0.39 is 0 Å². The molecule has 0 spiro atoms. The van der Waals surface area contributed by atoms with Crippen molar-refractivity contribution in [1.82, 2.24) is 15.1 Å². The summed E-state index contributed by atoms with van der Waals surface area (Å²) in [5, 5.41) is 3.39. The summed E-state index contributed by atoms with van der Waals surface area (Å²) in [6, 6.07) is 0.219. The fourth-order valence-corrected chi connectivity index (χ4v) is 2.37. The molecule has 1 N–H and O–H groups in total. The van der Waals surface area contributed by atoms with Gasteiger partial charge < -0.3 is 15.1 Å². The number of nitrogens with zero attached hydrogens (tertiary/aromatic N) is 2. The zero-order valence-corrected chi connectivity index (χ0v) is 11.5. The molecular weight excluding hydrogens is 214 g/mol. The van der Waals surface area contributed by atoms with Gasteiger partial charge in [0.25, 0.3) is 0 Å². The fourth-order valence-electron chi connectivity index (χ4n) is 2.37. The van der Waals surface area contributed by atoms with Gasteiger partial charge in [-0.25, -0.2) is 4.79 Å². The van der Waals surface area contributed by atoms with Crippen molar-refractivity contribution in [2.24, 2.45) is 5.92 Å². The Morgan fingerprint density at radius 3 is 2.29 bits per heavy atom. The van der Waals surface area contributed by atoms with E-state index in [1.54, 1.807) is 0 Å². The molecule has 4 heteroatoms. The maximum absolute atomic E-state index is 12.1. The van der Waals surface area contributed by atoms with E-state index in [9.17, 15) is 4.79 Å². The second-order valence-electron chi connectivity index (χ2n) is 4.69. The number of piperidine rings is 1. The van der Waals surface area contributed by atoms with Crippen LogP contribution in [0.15, 0.2) is 0 Å². The average molecular weight is 241 g/mol. The first-order valence-electron chi connectivity index (χ1n) is 6.97. The predicted molar refractivity (Wildman–Crippen MR) is 71.2 cm³/mol. The Kier molecular flexibility index (Phi) is 6.34. The Hall–Kier alpha value is -0.770. The van der Waals surface area contributed by atoms with Crippen LogP contribution in [0.2, 0.25) is 0 Å². The second kappa shape index (κ2) is 7.54. The van der Waals surface area contributed by atoms with Gasteiger partial charge in [0.15, 0.2) is 0 Å². The fraction of sp³-hybridized carbons (Fsp3) is 0.923. The highest BCUT2D eigenvalue weighted by Gasteiger charge is 2.24. The molecule has 2 amide bonds. The van der Waals surface area contributed by atoms with Crippen molar-refractivity contribution in [3.63, 3.8) is 0 Å². The van der Waals surface area contributed by atoms with Crippen LogP contribution in [0, 0.1) is 5.92 Å². The van der Waals surface area contributed by atoms with E-state index in [2.05, 4.69) is 12.2 Å². The Balaban J connectivity index is 2.33. The van der Waals surface area contributed by atoms with Crippen LogP contribution in [0.5, 0.6) is 0 Å². The third-order valence-corrected chi connectivity index (χ3v) is 3.60. The first-order chi connectivity index (χ1) is 8.22. The number of carbonyl (C=O) groups is 1. The van der Waals surface area contributed by atoms with Gasteiger partial charge >= 0.3 is 6.03 Å². The molecule has 1 rings (SSSR count). The largest absolute Gasteiger partial charge is 0.325 e. The number of hydrogen-bond donors (Lipinski definition) is 1. The molecule has 0 aromatic heterocycles. The molecule has 0 unspecified atom stereocenters. The summed E-state index contributed by atoms with van der Waals surface area (Å²) in [4.78, 5) is 16.0. The first kappa shape index (κ1) is 14.3. The molecule has 0 radical (unpaired) electrons. The molecule has 0 aliphatic carbocycles. The summed E-state index contributed by atoms with van der Waals surface area (Å²) in [5.74, 6) is 0.746. The van der Waals surface area contributed by atoms with Crippen molar-refractivity contribution in [2.45, 2.75) is 33.6 Å². The summed E-state index contributed by atoms with van der Waals surface area (Å²) in [6.45, 7) is 11.8. The van der Waals surface area contributed by atoms with Crippen LogP contribution < -0.4 is 5.32 Å². The van der Waals surface area contributed by atoms with Crippen LogP contribution >= 0.6 is 0 Å². The zero-order chi connectivity index (χ0) is 12.7. The molecular formula is C13H27N3O. The van der Waals surface area contributed by atoms with Crippen molar-refractivity contribution in [3.05, 3.63) is 0 Å². The van der Waals surface area contributed by atoms with Gasteiger partial charge in [-0.15, -0.1) is 0 Å². The zero-order valence-electron chi connectivity index (χ0n) is 11.5. The summed E-state index contributed by atoms with van der Waals surface area (Å²) in [7, 11) is 0. The van der Waals surface area contributed by atoms with Gasteiger partial charge in [0.1, 0.15) is 0 Å². The lowest BCUT2D eigenvalue weighted by Crippen LogP contribution is -2.47. The Labute approximate surface area is 105 Å². The molecule has 4 nitrogen and oxygen atoms in total. The molecule has 1 saturated heterocycles. The van der Waals surface area contributed by atoms with Crippen molar-refractivity contribution in [3.8, 4) is 0 Å². The van der Waals surface area contributed by atoms with Crippen molar-refractivity contribution in [2.75, 3.05) is 39.3 Å². The van der Waals surface area contributed by atoms with E-state index in [-0.39, 0.29) is 6.03 Å². The van der Waals surface area contributed by atoms with E-state index in [1.807, 2.05) is 23.6 Å². The normalized spacial score (nSPS) is 17.2. The molecule has 0 saturated carbocycles. The summed E-state index contributed by atoms with van der Waals surface area (Å²) in [5.41, 5.74) is 0. The van der Waals surface area contributed by atoms with Crippen LogP contribution in [0.25, 0.3) is 0 Å². The van der Waals surface area contributed by atoms with Gasteiger partial charge in [-0.2, -0.15) is 0 Å². The summed E-state index contributed by atoms with van der Waals surface area (Å²) >= 11 is 0. The van der Waals surface area contributed by atoms with Gasteiger partial charge in [0.05, 0.1) is 0 Å². The van der Waals surface area contributed by atoms with E-state index in [4.69, 9.17) is 0 Å². The molecule has 100 valence electrons. The third kappa shape index (κ3) is 4.19. The van der Waals surface area contributed by atoms with Gasteiger partial charge in [0.2, 0.25) is 0 Å². The van der Waals surface area contributed by atoms with Crippen molar-refractivity contribution >= 4 is 6.03 Å². The van der Waals surface area contributed by atoms with Gasteiger partial charge in [-0.3, -0.25) is 0 Å². The van der Waals surface area contributed by atoms with Crippen molar-refractivity contribution in [1.29, 1.82) is 0 Å². The first-order valence-corrected chi connectivity index (χ1v) is 6.97. The highest BCUT2D eigenvalue weighted by Crippen LogP contribution is 2.17. The SMILES string of the molecule is CCNCC1CCN(C(=O)N(CC)CC)CC1. The van der Waals surface area contributed by atoms with Crippen LogP contribution in [0.1, 0.15) is 33.6 Å². The summed E-state index contributed by atoms with van der Waals surface area (Å²) < 4.78 is 0. The Bertz CT molecular complexity index is 221. The molecule has 1 aliphatic heterocycles. The number of amides is 2. The molecule has 0 aromatic rings. The smallest absolute Gasteiger partial charge is 0.319 e. The quantitative estimate of drug-likeness (QED) is 0.796. The van der Waals surface area contributed by atoms with Crippen LogP contribution in [-0.4, -0.2) is 55.1 Å². The number of rotatable bonds is 5. The number of likely N-dealkylation sites (tertiary alicyclic amines) is 1. The Morgan fingerprint density at radius 2 is 1.82 bits per heavy atom. The molecule has 0 atom stereocenters. The molecule has 1 heterocycles. The molecule has 1 aliphatic rings. The monoisotopic (exact) mass is 241 g/mol. The lowest BCUT2D eigenvalue weighted by molar-refractivity contribution is 0.136. The lowest BCUT2D eigenvalue weighted by atomic mass is 9.97. The van der Waals surface area contributed by atoms with Gasteiger partial charge in [-0.05, 0) is 45.7 Å². The number of urea groups is 1. The minimum atomic E-state index is 0.219. The molecule has 0 aromatic carbocycles. The minimum absolute atomic E-state index is 0.219. The van der Waals surface area contributed by atoms with Crippen LogP contribution in [0.4, 0.5) is 4.79 Å². The summed E-state index contributed by atoms with van der Waals surface area (Å²) in [6.07, 6.45) is 2.28. The lowest BCUT2D eigenvalue weighted by Gasteiger charge is -2.35. The number of carbonyl (C=O) groups excluding carboxylic acids is 1. The Morgan fingerprint density at radius 1 is 1.24 bits per heavy atom. The standard InChI is InChI=1S/C13H27N3O/c1-4-14-11-12-7-9-16(10-8-12)13(17)15(5-2)6-3/h12,14H,4-11H2,1-3H3. The average Bonchev–Trinajstić information content (AvgIpc) is 2.38. The highest BCUT2D eigenvalue weighted by atomic mass is 16.2. The van der Waals surface area contributed by atoms with Gasteiger partial charge in [0, 0.05) is 26.2 Å². The maximum Gasteiger partial charge on any atom is 0.319 e. The van der Waals surface area contributed by atoms with E-state index >= 15 is 0 Å². The van der Waals surface area contributed by atoms with Crippen LogP contribution in [0.3, 0.4) is 0 Å². The molecule has 17 heavy (non-hydrogen) atoms. The topological polar surface area (TPSA) is 35.6 Å². The van der Waals surface area contributed by atoms with Crippen LogP contribution in [-0.2, 0) is 0 Å². The minimum Gasteiger partial charge on any atom is -0.325 e. The van der Waals surface area contributed by atoms with Crippen molar-refractivity contribution < 1.29 is 4.79 Å². The number of hydrogen-bond acceptors (Lipinski definition) is 2. The van der Waals surface area contributed by atoms with E-state index in [0.29, 0.717) is 0 Å². The maximum atomic E-state index is 12.1. The molecule has 0 bridgehead atoms. The number of nitrogens with one attached hydrogen (secondary N) is 1.